The highest BCUT2D eigenvalue weighted by Crippen LogP contribution is 2.23. The lowest BCUT2D eigenvalue weighted by Gasteiger charge is -2.02. The van der Waals surface area contributed by atoms with E-state index in [1.807, 2.05) is 30.6 Å². The van der Waals surface area contributed by atoms with E-state index < -0.39 is 0 Å². The summed E-state index contributed by atoms with van der Waals surface area (Å²) in [5.74, 6) is 0. The SMILES string of the molecule is C(=N\c1ccc(-c2ccccc2)cc1)/c1cccc2cc[nH]c12. The molecule has 1 N–H and O–H groups in total. The minimum absolute atomic E-state index is 0.952. The third-order valence-corrected chi connectivity index (χ3v) is 3.95. The molecule has 0 aliphatic heterocycles. The Kier molecular flexibility index (Phi) is 3.49. The van der Waals surface area contributed by atoms with Gasteiger partial charge in [-0.2, -0.15) is 0 Å². The molecule has 4 aromatic rings. The van der Waals surface area contributed by atoms with Gasteiger partial charge >= 0.3 is 0 Å². The molecule has 3 aromatic carbocycles. The first-order valence-corrected chi connectivity index (χ1v) is 7.66. The van der Waals surface area contributed by atoms with Gasteiger partial charge in [-0.3, -0.25) is 4.99 Å². The van der Waals surface area contributed by atoms with Crippen LogP contribution in [0.15, 0.2) is 90.1 Å². The first-order chi connectivity index (χ1) is 11.4. The molecule has 0 saturated heterocycles. The quantitative estimate of drug-likeness (QED) is 0.478. The van der Waals surface area contributed by atoms with Gasteiger partial charge in [-0.25, -0.2) is 0 Å². The van der Waals surface area contributed by atoms with E-state index in [4.69, 9.17) is 0 Å². The Bertz CT molecular complexity index is 948. The number of fused-ring (bicyclic) bond motifs is 1. The van der Waals surface area contributed by atoms with Gasteiger partial charge in [0.15, 0.2) is 0 Å². The minimum atomic E-state index is 0.952. The normalized spacial score (nSPS) is 11.3. The number of hydrogen-bond acceptors (Lipinski definition) is 1. The second-order valence-electron chi connectivity index (χ2n) is 5.46. The Labute approximate surface area is 135 Å². The van der Waals surface area contributed by atoms with Crippen molar-refractivity contribution in [3.8, 4) is 11.1 Å². The zero-order chi connectivity index (χ0) is 15.5. The third-order valence-electron chi connectivity index (χ3n) is 3.95. The van der Waals surface area contributed by atoms with Crippen molar-refractivity contribution in [1.82, 2.24) is 4.98 Å². The van der Waals surface area contributed by atoms with E-state index in [1.165, 1.54) is 16.5 Å². The minimum Gasteiger partial charge on any atom is -0.361 e. The molecule has 0 radical (unpaired) electrons. The average molecular weight is 296 g/mol. The van der Waals surface area contributed by atoms with Crippen LogP contribution in [-0.2, 0) is 0 Å². The van der Waals surface area contributed by atoms with E-state index in [1.54, 1.807) is 0 Å². The van der Waals surface area contributed by atoms with E-state index in [2.05, 4.69) is 70.6 Å². The maximum absolute atomic E-state index is 4.60. The Morgan fingerprint density at radius 2 is 1.48 bits per heavy atom. The molecule has 4 rings (SSSR count). The van der Waals surface area contributed by atoms with Gasteiger partial charge in [0, 0.05) is 23.4 Å². The van der Waals surface area contributed by atoms with Crippen molar-refractivity contribution in [2.24, 2.45) is 4.99 Å². The second-order valence-corrected chi connectivity index (χ2v) is 5.46. The smallest absolute Gasteiger partial charge is 0.0630 e. The molecule has 0 spiro atoms. The Morgan fingerprint density at radius 3 is 2.30 bits per heavy atom. The van der Waals surface area contributed by atoms with Crippen LogP contribution in [0.1, 0.15) is 5.56 Å². The number of aromatic nitrogens is 1. The van der Waals surface area contributed by atoms with Crippen molar-refractivity contribution < 1.29 is 0 Å². The second kappa shape index (κ2) is 5.93. The molecule has 2 heteroatoms. The van der Waals surface area contributed by atoms with Gasteiger partial charge in [0.25, 0.3) is 0 Å². The van der Waals surface area contributed by atoms with Crippen LogP contribution >= 0.6 is 0 Å². The highest BCUT2D eigenvalue weighted by molar-refractivity contribution is 5.98. The largest absolute Gasteiger partial charge is 0.361 e. The summed E-state index contributed by atoms with van der Waals surface area (Å²) in [6.45, 7) is 0. The highest BCUT2D eigenvalue weighted by Gasteiger charge is 1.99. The third kappa shape index (κ3) is 2.79. The number of aromatic amines is 1. The molecule has 0 aliphatic carbocycles. The summed E-state index contributed by atoms with van der Waals surface area (Å²) in [6.07, 6.45) is 3.87. The Balaban J connectivity index is 1.61. The number of rotatable bonds is 3. The van der Waals surface area contributed by atoms with Crippen LogP contribution in [0.2, 0.25) is 0 Å². The predicted octanol–water partition coefficient (Wildman–Crippen LogP) is 5.59. The summed E-state index contributed by atoms with van der Waals surface area (Å²) in [7, 11) is 0. The fourth-order valence-electron chi connectivity index (χ4n) is 2.73. The number of nitrogens with one attached hydrogen (secondary N) is 1. The lowest BCUT2D eigenvalue weighted by molar-refractivity contribution is 1.46. The average Bonchev–Trinajstić information content (AvgIpc) is 3.10. The molecule has 0 atom stereocenters. The van der Waals surface area contributed by atoms with E-state index >= 15 is 0 Å². The Morgan fingerprint density at radius 1 is 0.696 bits per heavy atom. The number of para-hydroxylation sites is 1. The van der Waals surface area contributed by atoms with Crippen molar-refractivity contribution >= 4 is 22.8 Å². The molecule has 0 bridgehead atoms. The zero-order valence-electron chi connectivity index (χ0n) is 12.6. The number of nitrogens with zero attached hydrogens (tertiary/aromatic N) is 1. The van der Waals surface area contributed by atoms with Gasteiger partial charge < -0.3 is 4.98 Å². The number of aliphatic imine (C=N–C) groups is 1. The highest BCUT2D eigenvalue weighted by atomic mass is 14.7. The van der Waals surface area contributed by atoms with Gasteiger partial charge in [-0.15, -0.1) is 0 Å². The summed E-state index contributed by atoms with van der Waals surface area (Å²) in [6, 6.07) is 27.0. The molecule has 0 amide bonds. The fourth-order valence-corrected chi connectivity index (χ4v) is 2.73. The lowest BCUT2D eigenvalue weighted by atomic mass is 10.1. The molecule has 1 aromatic heterocycles. The summed E-state index contributed by atoms with van der Waals surface area (Å²) >= 11 is 0. The van der Waals surface area contributed by atoms with Gasteiger partial charge in [0.2, 0.25) is 0 Å². The molecule has 0 unspecified atom stereocenters. The van der Waals surface area contributed by atoms with Crippen molar-refractivity contribution in [3.63, 3.8) is 0 Å². The molecule has 0 aliphatic rings. The monoisotopic (exact) mass is 296 g/mol. The van der Waals surface area contributed by atoms with Crippen molar-refractivity contribution in [1.29, 1.82) is 0 Å². The van der Waals surface area contributed by atoms with Crippen LogP contribution in [0.25, 0.3) is 22.0 Å². The van der Waals surface area contributed by atoms with Crippen molar-refractivity contribution in [2.75, 3.05) is 0 Å². The molecule has 2 nitrogen and oxygen atoms in total. The van der Waals surface area contributed by atoms with Crippen LogP contribution in [0.3, 0.4) is 0 Å². The number of benzene rings is 3. The van der Waals surface area contributed by atoms with Crippen molar-refractivity contribution in [3.05, 3.63) is 90.6 Å². The molecule has 0 fully saturated rings. The van der Waals surface area contributed by atoms with Crippen LogP contribution in [0.5, 0.6) is 0 Å². The molecule has 23 heavy (non-hydrogen) atoms. The molecule has 0 saturated carbocycles. The summed E-state index contributed by atoms with van der Waals surface area (Å²) in [4.78, 5) is 7.86. The Hall–Kier alpha value is -3.13. The topological polar surface area (TPSA) is 28.1 Å². The van der Waals surface area contributed by atoms with E-state index in [0.717, 1.165) is 16.8 Å². The van der Waals surface area contributed by atoms with Gasteiger partial charge in [0.05, 0.1) is 11.2 Å². The standard InChI is InChI=1S/C21H16N2/c1-2-5-16(6-3-1)17-9-11-20(12-10-17)23-15-19-8-4-7-18-13-14-22-21(18)19/h1-15,22H/b23-15+. The van der Waals surface area contributed by atoms with Crippen LogP contribution in [-0.4, -0.2) is 11.2 Å². The molecular formula is C21H16N2. The van der Waals surface area contributed by atoms with E-state index in [0.29, 0.717) is 0 Å². The molecule has 1 heterocycles. The summed E-state index contributed by atoms with van der Waals surface area (Å²) in [5, 5.41) is 1.20. The van der Waals surface area contributed by atoms with Crippen LogP contribution < -0.4 is 0 Å². The molecule has 110 valence electrons. The van der Waals surface area contributed by atoms with Gasteiger partial charge in [-0.1, -0.05) is 60.7 Å². The predicted molar refractivity (Wildman–Crippen MR) is 97.4 cm³/mol. The van der Waals surface area contributed by atoms with Crippen molar-refractivity contribution in [2.45, 2.75) is 0 Å². The number of hydrogen-bond donors (Lipinski definition) is 1. The fraction of sp³-hybridized carbons (Fsp3) is 0. The number of H-pyrrole nitrogens is 1. The van der Waals surface area contributed by atoms with Gasteiger partial charge in [-0.05, 0) is 29.3 Å². The van der Waals surface area contributed by atoms with Gasteiger partial charge in [0.1, 0.15) is 0 Å². The molecular weight excluding hydrogens is 280 g/mol. The van der Waals surface area contributed by atoms with E-state index in [-0.39, 0.29) is 0 Å². The van der Waals surface area contributed by atoms with Crippen LogP contribution in [0, 0.1) is 0 Å². The first-order valence-electron chi connectivity index (χ1n) is 7.66. The summed E-state index contributed by atoms with van der Waals surface area (Å²) in [5.41, 5.74) is 5.60. The zero-order valence-corrected chi connectivity index (χ0v) is 12.6. The van der Waals surface area contributed by atoms with Crippen LogP contribution in [0.4, 0.5) is 5.69 Å². The first kappa shape index (κ1) is 13.5. The lowest BCUT2D eigenvalue weighted by Crippen LogP contribution is -1.83. The summed E-state index contributed by atoms with van der Waals surface area (Å²) < 4.78 is 0. The van der Waals surface area contributed by atoms with E-state index in [9.17, 15) is 0 Å². The maximum Gasteiger partial charge on any atom is 0.0630 e. The maximum atomic E-state index is 4.60.